The van der Waals surface area contributed by atoms with Gasteiger partial charge in [-0.2, -0.15) is 9.97 Å². The van der Waals surface area contributed by atoms with Gasteiger partial charge in [-0.1, -0.05) is 32.4 Å². The van der Waals surface area contributed by atoms with E-state index in [-0.39, 0.29) is 11.3 Å². The van der Waals surface area contributed by atoms with E-state index in [1.54, 1.807) is 13.3 Å². The van der Waals surface area contributed by atoms with Gasteiger partial charge in [-0.3, -0.25) is 4.79 Å². The SMILES string of the molecule is CCC(=O)N[C@H]1C[C@@H](n2cnc3c(NC[C@@H]4[C@H](C=C(C)C)C4(C)C)nc(N4CC[C@@H](N(C)C)C4)nc32)[C@H](O)[C@@H]1O. The number of anilines is 2. The molecule has 0 unspecified atom stereocenters. The first kappa shape index (κ1) is 28.8. The first-order valence-corrected chi connectivity index (χ1v) is 14.6. The molecule has 3 aliphatic rings. The molecule has 11 heteroatoms. The highest BCUT2D eigenvalue weighted by Crippen LogP contribution is 2.59. The van der Waals surface area contributed by atoms with Gasteiger partial charge in [-0.05, 0) is 58.0 Å². The Balaban J connectivity index is 1.47. The van der Waals surface area contributed by atoms with Crippen molar-refractivity contribution in [3.63, 3.8) is 0 Å². The van der Waals surface area contributed by atoms with Gasteiger partial charge >= 0.3 is 0 Å². The van der Waals surface area contributed by atoms with Crippen molar-refractivity contribution in [2.75, 3.05) is 43.9 Å². The third-order valence-corrected chi connectivity index (χ3v) is 9.40. The summed E-state index contributed by atoms with van der Waals surface area (Å²) < 4.78 is 1.85. The highest BCUT2D eigenvalue weighted by atomic mass is 16.3. The molecule has 4 N–H and O–H groups in total. The predicted octanol–water partition coefficient (Wildman–Crippen LogP) is 2.18. The number of nitrogens with zero attached hydrogens (tertiary/aromatic N) is 6. The van der Waals surface area contributed by atoms with Crippen molar-refractivity contribution in [3.8, 4) is 0 Å². The minimum atomic E-state index is -1.07. The molecule has 0 bridgehead atoms. The van der Waals surface area contributed by atoms with Gasteiger partial charge in [-0.25, -0.2) is 4.98 Å². The van der Waals surface area contributed by atoms with Crippen molar-refractivity contribution < 1.29 is 15.0 Å². The topological polar surface area (TPSA) is 132 Å². The van der Waals surface area contributed by atoms with E-state index in [1.165, 1.54) is 5.57 Å². The second-order valence-electron chi connectivity index (χ2n) is 12.9. The van der Waals surface area contributed by atoms with E-state index < -0.39 is 24.3 Å². The smallest absolute Gasteiger partial charge is 0.229 e. The molecule has 2 aromatic heterocycles. The quantitative estimate of drug-likeness (QED) is 0.344. The number of amides is 1. The van der Waals surface area contributed by atoms with Crippen LogP contribution in [0.25, 0.3) is 11.2 Å². The lowest BCUT2D eigenvalue weighted by Gasteiger charge is -2.22. The molecule has 5 rings (SSSR count). The Morgan fingerprint density at radius 3 is 2.62 bits per heavy atom. The van der Waals surface area contributed by atoms with E-state index in [9.17, 15) is 15.0 Å². The second-order valence-corrected chi connectivity index (χ2v) is 12.9. The van der Waals surface area contributed by atoms with Gasteiger partial charge in [0.25, 0.3) is 0 Å². The van der Waals surface area contributed by atoms with Gasteiger partial charge in [0, 0.05) is 32.1 Å². The fourth-order valence-corrected chi connectivity index (χ4v) is 6.57. The maximum atomic E-state index is 12.0. The number of nitrogens with one attached hydrogen (secondary N) is 2. The fraction of sp³-hybridized carbons (Fsp3) is 0.724. The molecule has 1 aliphatic heterocycles. The number of likely N-dealkylation sites (N-methyl/N-ethyl adjacent to an activating group) is 1. The van der Waals surface area contributed by atoms with E-state index in [2.05, 4.69) is 68.3 Å². The minimum absolute atomic E-state index is 0.151. The zero-order valence-corrected chi connectivity index (χ0v) is 24.9. The first-order chi connectivity index (χ1) is 18.9. The number of allylic oxidation sites excluding steroid dienone is 2. The molecule has 220 valence electrons. The lowest BCUT2D eigenvalue weighted by molar-refractivity contribution is -0.122. The molecule has 2 saturated carbocycles. The zero-order chi connectivity index (χ0) is 28.9. The van der Waals surface area contributed by atoms with Gasteiger partial charge in [0.2, 0.25) is 11.9 Å². The average Bonchev–Trinajstić information content (AvgIpc) is 3.40. The van der Waals surface area contributed by atoms with Crippen molar-refractivity contribution in [2.24, 2.45) is 17.3 Å². The van der Waals surface area contributed by atoms with E-state index in [0.29, 0.717) is 53.6 Å². The Morgan fingerprint density at radius 1 is 1.23 bits per heavy atom. The van der Waals surface area contributed by atoms with Crippen LogP contribution in [-0.2, 0) is 4.79 Å². The molecule has 40 heavy (non-hydrogen) atoms. The number of hydrogen-bond donors (Lipinski definition) is 4. The number of aliphatic hydroxyl groups is 2. The van der Waals surface area contributed by atoms with Gasteiger partial charge < -0.3 is 35.2 Å². The lowest BCUT2D eigenvalue weighted by Crippen LogP contribution is -2.42. The Morgan fingerprint density at radius 2 is 1.98 bits per heavy atom. The highest BCUT2D eigenvalue weighted by molar-refractivity contribution is 5.84. The summed E-state index contributed by atoms with van der Waals surface area (Å²) >= 11 is 0. The normalized spacial score (nSPS) is 31.1. The monoisotopic (exact) mass is 554 g/mol. The summed E-state index contributed by atoms with van der Waals surface area (Å²) in [6.45, 7) is 13.2. The molecule has 2 aliphatic carbocycles. The summed E-state index contributed by atoms with van der Waals surface area (Å²) in [6.07, 6.45) is 3.65. The fourth-order valence-electron chi connectivity index (χ4n) is 6.57. The summed E-state index contributed by atoms with van der Waals surface area (Å²) in [6, 6.07) is -0.588. The Hall–Kier alpha value is -2.76. The molecule has 1 amide bonds. The van der Waals surface area contributed by atoms with Crippen LogP contribution in [0, 0.1) is 17.3 Å². The van der Waals surface area contributed by atoms with Crippen molar-refractivity contribution in [1.29, 1.82) is 0 Å². The van der Waals surface area contributed by atoms with Crippen LogP contribution >= 0.6 is 0 Å². The summed E-state index contributed by atoms with van der Waals surface area (Å²) in [5, 5.41) is 28.2. The maximum Gasteiger partial charge on any atom is 0.229 e. The summed E-state index contributed by atoms with van der Waals surface area (Å²) in [5.41, 5.74) is 2.82. The summed E-state index contributed by atoms with van der Waals surface area (Å²) in [7, 11) is 4.20. The van der Waals surface area contributed by atoms with Crippen molar-refractivity contribution >= 4 is 28.8 Å². The molecule has 11 nitrogen and oxygen atoms in total. The van der Waals surface area contributed by atoms with Gasteiger partial charge in [0.15, 0.2) is 17.0 Å². The van der Waals surface area contributed by atoms with Crippen LogP contribution in [0.5, 0.6) is 0 Å². The predicted molar refractivity (Wildman–Crippen MR) is 156 cm³/mol. The third-order valence-electron chi connectivity index (χ3n) is 9.40. The minimum Gasteiger partial charge on any atom is -0.388 e. The number of carbonyl (C=O) groups is 1. The number of imidazole rings is 1. The standard InChI is InChI=1S/C29H46N8O3/c1-8-22(38)32-20-12-21(25(40)24(20)39)37-15-31-23-26(30-13-19-18(11-16(2)3)29(19,4)5)33-28(34-27(23)37)36-10-9-17(14-36)35(6)7/h11,15,17-21,24-25,39-40H,8-10,12-14H2,1-7H3,(H,32,38)(H,30,33,34)/t17-,18+,19-,20+,21-,24-,25+/m1/s1. The summed E-state index contributed by atoms with van der Waals surface area (Å²) in [5.74, 6) is 2.18. The molecule has 0 aromatic carbocycles. The number of rotatable bonds is 9. The van der Waals surface area contributed by atoms with Gasteiger partial charge in [0.05, 0.1) is 18.4 Å². The maximum absolute atomic E-state index is 12.0. The van der Waals surface area contributed by atoms with Crippen LogP contribution in [0.1, 0.15) is 59.9 Å². The molecule has 3 heterocycles. The highest BCUT2D eigenvalue weighted by Gasteiger charge is 2.55. The van der Waals surface area contributed by atoms with Crippen LogP contribution in [0.2, 0.25) is 0 Å². The second kappa shape index (κ2) is 10.9. The largest absolute Gasteiger partial charge is 0.388 e. The lowest BCUT2D eigenvalue weighted by atomic mass is 10.1. The molecule has 7 atom stereocenters. The van der Waals surface area contributed by atoms with E-state index >= 15 is 0 Å². The zero-order valence-electron chi connectivity index (χ0n) is 24.9. The van der Waals surface area contributed by atoms with Crippen LogP contribution in [0.4, 0.5) is 11.8 Å². The van der Waals surface area contributed by atoms with Crippen molar-refractivity contribution in [2.45, 2.75) is 84.2 Å². The molecular weight excluding hydrogens is 508 g/mol. The molecule has 1 saturated heterocycles. The Kier molecular flexibility index (Phi) is 7.84. The van der Waals surface area contributed by atoms with E-state index in [4.69, 9.17) is 15.0 Å². The van der Waals surface area contributed by atoms with Gasteiger partial charge in [0.1, 0.15) is 12.2 Å². The Bertz CT molecular complexity index is 1270. The van der Waals surface area contributed by atoms with Crippen molar-refractivity contribution in [3.05, 3.63) is 18.0 Å². The van der Waals surface area contributed by atoms with Crippen LogP contribution in [0.15, 0.2) is 18.0 Å². The van der Waals surface area contributed by atoms with E-state index in [1.807, 2.05) is 4.57 Å². The average molecular weight is 555 g/mol. The number of aliphatic hydroxyl groups excluding tert-OH is 2. The molecule has 0 spiro atoms. The van der Waals surface area contributed by atoms with E-state index in [0.717, 1.165) is 26.1 Å². The third kappa shape index (κ3) is 5.31. The molecule has 0 radical (unpaired) electrons. The van der Waals surface area contributed by atoms with Crippen LogP contribution < -0.4 is 15.5 Å². The number of carbonyl (C=O) groups excluding carboxylic acids is 1. The van der Waals surface area contributed by atoms with Crippen LogP contribution in [0.3, 0.4) is 0 Å². The first-order valence-electron chi connectivity index (χ1n) is 14.6. The number of fused-ring (bicyclic) bond motifs is 1. The number of hydrogen-bond acceptors (Lipinski definition) is 9. The Labute approximate surface area is 237 Å². The van der Waals surface area contributed by atoms with Crippen LogP contribution in [-0.4, -0.2) is 98.6 Å². The van der Waals surface area contributed by atoms with Gasteiger partial charge in [-0.15, -0.1) is 0 Å². The van der Waals surface area contributed by atoms with Crippen molar-refractivity contribution in [1.82, 2.24) is 29.7 Å². The number of aromatic nitrogens is 4. The molecular formula is C29H46N8O3. The molecule has 2 aromatic rings. The molecule has 3 fully saturated rings. The summed E-state index contributed by atoms with van der Waals surface area (Å²) in [4.78, 5) is 31.1.